The minimum atomic E-state index is -0.318. The van der Waals surface area contributed by atoms with E-state index in [0.29, 0.717) is 11.3 Å². The Morgan fingerprint density at radius 3 is 2.70 bits per heavy atom. The van der Waals surface area contributed by atoms with Crippen LogP contribution in [0.25, 0.3) is 0 Å². The van der Waals surface area contributed by atoms with Crippen molar-refractivity contribution < 1.29 is 14.0 Å². The SMILES string of the molecule is CCCC1(CC)CCN(C(=O)c2cccc(NC(=O)c3ccco3)c2C)C1. The number of benzene rings is 1. The number of amides is 2. The number of hydrogen-bond acceptors (Lipinski definition) is 3. The molecule has 5 heteroatoms. The first-order valence-electron chi connectivity index (χ1n) is 9.73. The summed E-state index contributed by atoms with van der Waals surface area (Å²) in [5.74, 6) is -0.0205. The molecular weight excluding hydrogens is 340 g/mol. The molecule has 5 nitrogen and oxygen atoms in total. The second-order valence-corrected chi connectivity index (χ2v) is 7.49. The highest BCUT2D eigenvalue weighted by molar-refractivity contribution is 6.04. The average Bonchev–Trinajstić information content (AvgIpc) is 3.34. The number of furan rings is 1. The van der Waals surface area contributed by atoms with Crippen LogP contribution in [0.15, 0.2) is 41.0 Å². The molecule has 1 aromatic carbocycles. The van der Waals surface area contributed by atoms with E-state index in [-0.39, 0.29) is 23.0 Å². The second kappa shape index (κ2) is 7.99. The van der Waals surface area contributed by atoms with Gasteiger partial charge in [0.2, 0.25) is 0 Å². The van der Waals surface area contributed by atoms with E-state index >= 15 is 0 Å². The molecule has 1 unspecified atom stereocenters. The topological polar surface area (TPSA) is 62.6 Å². The van der Waals surface area contributed by atoms with E-state index in [1.807, 2.05) is 30.0 Å². The Kier molecular flexibility index (Phi) is 5.68. The number of nitrogens with one attached hydrogen (secondary N) is 1. The van der Waals surface area contributed by atoms with Gasteiger partial charge in [0.1, 0.15) is 0 Å². The standard InChI is InChI=1S/C22H28N2O3/c1-4-11-22(5-2)12-13-24(15-22)21(26)17-8-6-9-18(16(17)3)23-20(25)19-10-7-14-27-19/h6-10,14H,4-5,11-13,15H2,1-3H3,(H,23,25). The molecule has 1 atom stereocenters. The van der Waals surface area contributed by atoms with Crippen LogP contribution in [-0.2, 0) is 0 Å². The van der Waals surface area contributed by atoms with Crippen LogP contribution in [0.5, 0.6) is 0 Å². The van der Waals surface area contributed by atoms with Gasteiger partial charge in [-0.2, -0.15) is 0 Å². The van der Waals surface area contributed by atoms with Crippen LogP contribution in [0.1, 0.15) is 66.0 Å². The molecule has 2 amide bonds. The van der Waals surface area contributed by atoms with E-state index in [9.17, 15) is 9.59 Å². The molecule has 1 fully saturated rings. The van der Waals surface area contributed by atoms with Crippen molar-refractivity contribution in [3.63, 3.8) is 0 Å². The number of nitrogens with zero attached hydrogens (tertiary/aromatic N) is 1. The van der Waals surface area contributed by atoms with Gasteiger partial charge in [-0.3, -0.25) is 9.59 Å². The zero-order valence-electron chi connectivity index (χ0n) is 16.4. The summed E-state index contributed by atoms with van der Waals surface area (Å²) in [6.45, 7) is 7.92. The zero-order valence-corrected chi connectivity index (χ0v) is 16.4. The largest absolute Gasteiger partial charge is 0.459 e. The number of likely N-dealkylation sites (tertiary alicyclic amines) is 1. The first-order chi connectivity index (χ1) is 13.0. The summed E-state index contributed by atoms with van der Waals surface area (Å²) >= 11 is 0. The molecule has 1 aliphatic heterocycles. The normalized spacial score (nSPS) is 19.3. The highest BCUT2D eigenvalue weighted by Gasteiger charge is 2.38. The summed E-state index contributed by atoms with van der Waals surface area (Å²) in [6.07, 6.45) is 5.93. The molecule has 0 spiro atoms. The fraction of sp³-hybridized carbons (Fsp3) is 0.455. The Morgan fingerprint density at radius 2 is 2.04 bits per heavy atom. The minimum absolute atomic E-state index is 0.0491. The maximum absolute atomic E-state index is 13.1. The van der Waals surface area contributed by atoms with E-state index in [1.165, 1.54) is 6.26 Å². The predicted octanol–water partition coefficient (Wildman–Crippen LogP) is 4.88. The van der Waals surface area contributed by atoms with Crippen LogP contribution in [0.2, 0.25) is 0 Å². The Morgan fingerprint density at radius 1 is 1.22 bits per heavy atom. The molecule has 0 aliphatic carbocycles. The van der Waals surface area contributed by atoms with Crippen molar-refractivity contribution in [1.82, 2.24) is 4.90 Å². The van der Waals surface area contributed by atoms with Crippen LogP contribution in [-0.4, -0.2) is 29.8 Å². The molecule has 2 aromatic rings. The first kappa shape index (κ1) is 19.2. The van der Waals surface area contributed by atoms with Crippen LogP contribution in [0.4, 0.5) is 5.69 Å². The molecule has 27 heavy (non-hydrogen) atoms. The molecule has 1 aliphatic rings. The summed E-state index contributed by atoms with van der Waals surface area (Å²) in [6, 6.07) is 8.75. The summed E-state index contributed by atoms with van der Waals surface area (Å²) in [5, 5.41) is 2.84. The quantitative estimate of drug-likeness (QED) is 0.790. The van der Waals surface area contributed by atoms with Crippen LogP contribution < -0.4 is 5.32 Å². The maximum Gasteiger partial charge on any atom is 0.291 e. The van der Waals surface area contributed by atoms with Crippen LogP contribution >= 0.6 is 0 Å². The minimum Gasteiger partial charge on any atom is -0.459 e. The highest BCUT2D eigenvalue weighted by Crippen LogP contribution is 2.39. The van der Waals surface area contributed by atoms with Gasteiger partial charge in [0.15, 0.2) is 5.76 Å². The molecule has 3 rings (SSSR count). The summed E-state index contributed by atoms with van der Waals surface area (Å²) in [5.41, 5.74) is 2.32. The number of carbonyl (C=O) groups excluding carboxylic acids is 2. The van der Waals surface area contributed by atoms with Gasteiger partial charge in [0.05, 0.1) is 6.26 Å². The first-order valence-corrected chi connectivity index (χ1v) is 9.73. The van der Waals surface area contributed by atoms with Crippen molar-refractivity contribution >= 4 is 17.5 Å². The van der Waals surface area contributed by atoms with Gasteiger partial charge in [-0.05, 0) is 61.4 Å². The van der Waals surface area contributed by atoms with Gasteiger partial charge in [0.25, 0.3) is 11.8 Å². The molecule has 1 aromatic heterocycles. The number of hydrogen-bond donors (Lipinski definition) is 1. The Balaban J connectivity index is 1.77. The van der Waals surface area contributed by atoms with Gasteiger partial charge < -0.3 is 14.6 Å². The van der Waals surface area contributed by atoms with Crippen molar-refractivity contribution in [3.05, 3.63) is 53.5 Å². The number of carbonyl (C=O) groups is 2. The zero-order chi connectivity index (χ0) is 19.4. The lowest BCUT2D eigenvalue weighted by Gasteiger charge is -2.28. The van der Waals surface area contributed by atoms with Crippen molar-refractivity contribution in [3.8, 4) is 0 Å². The second-order valence-electron chi connectivity index (χ2n) is 7.49. The van der Waals surface area contributed by atoms with E-state index < -0.39 is 0 Å². The molecular formula is C22H28N2O3. The Bertz CT molecular complexity index is 813. The van der Waals surface area contributed by atoms with E-state index in [0.717, 1.165) is 44.3 Å². The van der Waals surface area contributed by atoms with Gasteiger partial charge in [-0.25, -0.2) is 0 Å². The molecule has 1 saturated heterocycles. The molecule has 0 radical (unpaired) electrons. The molecule has 0 saturated carbocycles. The third-order valence-corrected chi connectivity index (χ3v) is 5.81. The lowest BCUT2D eigenvalue weighted by molar-refractivity contribution is 0.0767. The lowest BCUT2D eigenvalue weighted by Crippen LogP contribution is -2.32. The Labute approximate surface area is 160 Å². The monoisotopic (exact) mass is 368 g/mol. The summed E-state index contributed by atoms with van der Waals surface area (Å²) < 4.78 is 5.14. The maximum atomic E-state index is 13.1. The predicted molar refractivity (Wildman–Crippen MR) is 106 cm³/mol. The molecule has 2 heterocycles. The van der Waals surface area contributed by atoms with Crippen molar-refractivity contribution in [1.29, 1.82) is 0 Å². The fourth-order valence-corrected chi connectivity index (χ4v) is 4.07. The smallest absolute Gasteiger partial charge is 0.291 e. The van der Waals surface area contributed by atoms with Crippen LogP contribution in [0, 0.1) is 12.3 Å². The van der Waals surface area contributed by atoms with Gasteiger partial charge in [-0.1, -0.05) is 26.3 Å². The van der Waals surface area contributed by atoms with Gasteiger partial charge in [0, 0.05) is 24.3 Å². The van der Waals surface area contributed by atoms with E-state index in [2.05, 4.69) is 19.2 Å². The van der Waals surface area contributed by atoms with Crippen molar-refractivity contribution in [2.45, 2.75) is 46.5 Å². The summed E-state index contributed by atoms with van der Waals surface area (Å²) in [4.78, 5) is 27.4. The molecule has 1 N–H and O–H groups in total. The third kappa shape index (κ3) is 3.92. The van der Waals surface area contributed by atoms with Gasteiger partial charge >= 0.3 is 0 Å². The highest BCUT2D eigenvalue weighted by atomic mass is 16.3. The molecule has 0 bridgehead atoms. The Hall–Kier alpha value is -2.56. The van der Waals surface area contributed by atoms with E-state index in [4.69, 9.17) is 4.42 Å². The van der Waals surface area contributed by atoms with Crippen molar-refractivity contribution in [2.75, 3.05) is 18.4 Å². The fourth-order valence-electron chi connectivity index (χ4n) is 4.07. The van der Waals surface area contributed by atoms with E-state index in [1.54, 1.807) is 12.1 Å². The van der Waals surface area contributed by atoms with Gasteiger partial charge in [-0.15, -0.1) is 0 Å². The average molecular weight is 368 g/mol. The van der Waals surface area contributed by atoms with Crippen LogP contribution in [0.3, 0.4) is 0 Å². The summed E-state index contributed by atoms with van der Waals surface area (Å²) in [7, 11) is 0. The van der Waals surface area contributed by atoms with Crippen molar-refractivity contribution in [2.24, 2.45) is 5.41 Å². The third-order valence-electron chi connectivity index (χ3n) is 5.81. The number of anilines is 1. The lowest BCUT2D eigenvalue weighted by atomic mass is 9.80. The molecule has 144 valence electrons. The number of rotatable bonds is 6.